The first kappa shape index (κ1) is 16.0. The summed E-state index contributed by atoms with van der Waals surface area (Å²) in [5.41, 5.74) is 4.09. The smallest absolute Gasteiger partial charge is 0.0395 e. The highest BCUT2D eigenvalue weighted by Crippen LogP contribution is 2.24. The Morgan fingerprint density at radius 1 is 1.21 bits per heavy atom. The van der Waals surface area contributed by atoms with E-state index in [2.05, 4.69) is 70.1 Å². The van der Waals surface area contributed by atoms with Crippen LogP contribution < -0.4 is 10.2 Å². The van der Waals surface area contributed by atoms with Crippen molar-refractivity contribution in [3.05, 3.63) is 29.3 Å². The predicted octanol–water partition coefficient (Wildman–Crippen LogP) is 3.98. The standard InChI is InChI=1S/C17H30N2/c1-7-18-12-16-8-9-17(14(4)11-16)19(6)15(5)10-13(2)3/h8-9,11,13,15,18H,7,10,12H2,1-6H3. The van der Waals surface area contributed by atoms with Crippen molar-refractivity contribution in [3.8, 4) is 0 Å². The molecule has 1 rings (SSSR count). The first-order chi connectivity index (χ1) is 8.95. The maximum absolute atomic E-state index is 3.38. The average molecular weight is 262 g/mol. The second-order valence-corrected chi connectivity index (χ2v) is 5.99. The number of benzene rings is 1. The van der Waals surface area contributed by atoms with Crippen LogP contribution in [0.3, 0.4) is 0 Å². The first-order valence-electron chi connectivity index (χ1n) is 7.48. The fourth-order valence-electron chi connectivity index (χ4n) is 2.57. The Morgan fingerprint density at radius 3 is 2.42 bits per heavy atom. The SMILES string of the molecule is CCNCc1ccc(N(C)C(C)CC(C)C)c(C)c1. The second kappa shape index (κ2) is 7.54. The van der Waals surface area contributed by atoms with E-state index in [-0.39, 0.29) is 0 Å². The molecule has 1 unspecified atom stereocenters. The number of nitrogens with zero attached hydrogens (tertiary/aromatic N) is 1. The van der Waals surface area contributed by atoms with E-state index in [4.69, 9.17) is 0 Å². The molecular formula is C17H30N2. The van der Waals surface area contributed by atoms with Crippen molar-refractivity contribution >= 4 is 5.69 Å². The van der Waals surface area contributed by atoms with Gasteiger partial charge in [-0.1, -0.05) is 32.9 Å². The van der Waals surface area contributed by atoms with Gasteiger partial charge >= 0.3 is 0 Å². The lowest BCUT2D eigenvalue weighted by atomic mass is 10.0. The Morgan fingerprint density at radius 2 is 1.89 bits per heavy atom. The third-order valence-corrected chi connectivity index (χ3v) is 3.69. The molecule has 0 aliphatic heterocycles. The third kappa shape index (κ3) is 4.87. The summed E-state index contributed by atoms with van der Waals surface area (Å²) >= 11 is 0. The van der Waals surface area contributed by atoms with Crippen molar-refractivity contribution in [2.24, 2.45) is 5.92 Å². The molecule has 0 saturated carbocycles. The van der Waals surface area contributed by atoms with Crippen LogP contribution in [0.4, 0.5) is 5.69 Å². The van der Waals surface area contributed by atoms with Gasteiger partial charge in [-0.05, 0) is 49.9 Å². The monoisotopic (exact) mass is 262 g/mol. The van der Waals surface area contributed by atoms with Gasteiger partial charge in [0, 0.05) is 25.3 Å². The summed E-state index contributed by atoms with van der Waals surface area (Å²) < 4.78 is 0. The van der Waals surface area contributed by atoms with E-state index >= 15 is 0 Å². The van der Waals surface area contributed by atoms with Crippen LogP contribution in [0.5, 0.6) is 0 Å². The Bertz CT molecular complexity index is 385. The van der Waals surface area contributed by atoms with Gasteiger partial charge in [-0.3, -0.25) is 0 Å². The molecule has 0 radical (unpaired) electrons. The molecule has 0 spiro atoms. The molecule has 1 aromatic carbocycles. The van der Waals surface area contributed by atoms with Gasteiger partial charge < -0.3 is 10.2 Å². The molecule has 0 aliphatic rings. The highest BCUT2D eigenvalue weighted by molar-refractivity contribution is 5.54. The molecule has 0 aromatic heterocycles. The Balaban J connectivity index is 2.77. The number of anilines is 1. The van der Waals surface area contributed by atoms with Crippen molar-refractivity contribution in [3.63, 3.8) is 0 Å². The molecule has 0 fully saturated rings. The van der Waals surface area contributed by atoms with Gasteiger partial charge in [0.15, 0.2) is 0 Å². The third-order valence-electron chi connectivity index (χ3n) is 3.69. The van der Waals surface area contributed by atoms with Crippen molar-refractivity contribution < 1.29 is 0 Å². The van der Waals surface area contributed by atoms with Gasteiger partial charge in [-0.15, -0.1) is 0 Å². The average Bonchev–Trinajstić information content (AvgIpc) is 2.34. The fourth-order valence-corrected chi connectivity index (χ4v) is 2.57. The number of rotatable bonds is 7. The zero-order valence-corrected chi connectivity index (χ0v) is 13.5. The topological polar surface area (TPSA) is 15.3 Å². The van der Waals surface area contributed by atoms with E-state index in [1.807, 2.05) is 0 Å². The fraction of sp³-hybridized carbons (Fsp3) is 0.647. The molecule has 0 heterocycles. The first-order valence-corrected chi connectivity index (χ1v) is 7.48. The van der Waals surface area contributed by atoms with Gasteiger partial charge in [-0.2, -0.15) is 0 Å². The molecule has 108 valence electrons. The normalized spacial score (nSPS) is 12.8. The van der Waals surface area contributed by atoms with E-state index in [0.29, 0.717) is 6.04 Å². The molecule has 0 amide bonds. The van der Waals surface area contributed by atoms with Gasteiger partial charge in [-0.25, -0.2) is 0 Å². The zero-order chi connectivity index (χ0) is 14.4. The maximum atomic E-state index is 3.38. The maximum Gasteiger partial charge on any atom is 0.0395 e. The van der Waals surface area contributed by atoms with Crippen LogP contribution >= 0.6 is 0 Å². The highest BCUT2D eigenvalue weighted by atomic mass is 15.1. The molecule has 2 heteroatoms. The number of nitrogens with one attached hydrogen (secondary N) is 1. The molecule has 0 saturated heterocycles. The van der Waals surface area contributed by atoms with Gasteiger partial charge in [0.05, 0.1) is 0 Å². The lowest BCUT2D eigenvalue weighted by molar-refractivity contribution is 0.503. The Hall–Kier alpha value is -1.02. The minimum atomic E-state index is 0.582. The molecule has 1 atom stereocenters. The van der Waals surface area contributed by atoms with Crippen molar-refractivity contribution in [1.82, 2.24) is 5.32 Å². The number of hydrogen-bond donors (Lipinski definition) is 1. The van der Waals surface area contributed by atoms with E-state index in [0.717, 1.165) is 19.0 Å². The number of aryl methyl sites for hydroxylation is 1. The second-order valence-electron chi connectivity index (χ2n) is 5.99. The lowest BCUT2D eigenvalue weighted by Gasteiger charge is -2.30. The summed E-state index contributed by atoms with van der Waals surface area (Å²) in [5.74, 6) is 0.741. The van der Waals surface area contributed by atoms with Gasteiger partial charge in [0.25, 0.3) is 0 Å². The Kier molecular flexibility index (Phi) is 6.36. The molecule has 1 N–H and O–H groups in total. The minimum absolute atomic E-state index is 0.582. The molecule has 0 bridgehead atoms. The van der Waals surface area contributed by atoms with Crippen LogP contribution in [0.2, 0.25) is 0 Å². The van der Waals surface area contributed by atoms with E-state index in [1.165, 1.54) is 23.2 Å². The molecule has 2 nitrogen and oxygen atoms in total. The highest BCUT2D eigenvalue weighted by Gasteiger charge is 2.13. The van der Waals surface area contributed by atoms with E-state index < -0.39 is 0 Å². The lowest BCUT2D eigenvalue weighted by Crippen LogP contribution is -2.30. The van der Waals surface area contributed by atoms with Crippen LogP contribution in [0.1, 0.15) is 45.2 Å². The van der Waals surface area contributed by atoms with Crippen LogP contribution in [0, 0.1) is 12.8 Å². The molecule has 0 aliphatic carbocycles. The summed E-state index contributed by atoms with van der Waals surface area (Å²) in [7, 11) is 2.21. The summed E-state index contributed by atoms with van der Waals surface area (Å²) in [5, 5.41) is 3.38. The van der Waals surface area contributed by atoms with E-state index in [1.54, 1.807) is 0 Å². The summed E-state index contributed by atoms with van der Waals surface area (Å²) in [6.07, 6.45) is 1.23. The van der Waals surface area contributed by atoms with Gasteiger partial charge in [0.2, 0.25) is 0 Å². The number of hydrogen-bond acceptors (Lipinski definition) is 2. The van der Waals surface area contributed by atoms with Crippen molar-refractivity contribution in [2.45, 2.75) is 53.6 Å². The Labute approximate surface area is 119 Å². The molecule has 19 heavy (non-hydrogen) atoms. The van der Waals surface area contributed by atoms with Crippen LogP contribution in [0.25, 0.3) is 0 Å². The molecular weight excluding hydrogens is 232 g/mol. The summed E-state index contributed by atoms with van der Waals surface area (Å²) in [6, 6.07) is 7.39. The minimum Gasteiger partial charge on any atom is -0.372 e. The van der Waals surface area contributed by atoms with Crippen molar-refractivity contribution in [2.75, 3.05) is 18.5 Å². The van der Waals surface area contributed by atoms with Crippen LogP contribution in [-0.4, -0.2) is 19.6 Å². The van der Waals surface area contributed by atoms with Crippen LogP contribution in [-0.2, 0) is 6.54 Å². The molecule has 1 aromatic rings. The van der Waals surface area contributed by atoms with E-state index in [9.17, 15) is 0 Å². The van der Waals surface area contributed by atoms with Gasteiger partial charge in [0.1, 0.15) is 0 Å². The quantitative estimate of drug-likeness (QED) is 0.799. The zero-order valence-electron chi connectivity index (χ0n) is 13.5. The summed E-state index contributed by atoms with van der Waals surface area (Å²) in [6.45, 7) is 13.2. The van der Waals surface area contributed by atoms with Crippen molar-refractivity contribution in [1.29, 1.82) is 0 Å². The van der Waals surface area contributed by atoms with Crippen LogP contribution in [0.15, 0.2) is 18.2 Å². The largest absolute Gasteiger partial charge is 0.372 e. The summed E-state index contributed by atoms with van der Waals surface area (Å²) in [4.78, 5) is 2.41. The predicted molar refractivity (Wildman–Crippen MR) is 85.9 cm³/mol.